The van der Waals surface area contributed by atoms with Gasteiger partial charge in [-0.05, 0) is 62.7 Å². The second kappa shape index (κ2) is 11.3. The number of aromatic nitrogens is 2. The van der Waals surface area contributed by atoms with Gasteiger partial charge in [0.25, 0.3) is 11.6 Å². The van der Waals surface area contributed by atoms with Gasteiger partial charge in [-0.3, -0.25) is 14.9 Å². The van der Waals surface area contributed by atoms with E-state index in [9.17, 15) is 14.9 Å². The number of thiazole rings is 1. The lowest BCUT2D eigenvalue weighted by Gasteiger charge is -2.12. The molecule has 0 spiro atoms. The minimum atomic E-state index is -0.403. The van der Waals surface area contributed by atoms with Crippen molar-refractivity contribution < 1.29 is 9.72 Å². The van der Waals surface area contributed by atoms with Crippen LogP contribution in [-0.2, 0) is 0 Å². The van der Waals surface area contributed by atoms with Crippen LogP contribution in [0.4, 0.5) is 16.5 Å². The van der Waals surface area contributed by atoms with Gasteiger partial charge in [-0.15, -0.1) is 11.3 Å². The minimum absolute atomic E-state index is 0.0532. The Labute approximate surface area is 235 Å². The predicted molar refractivity (Wildman–Crippen MR) is 159 cm³/mol. The van der Waals surface area contributed by atoms with Crippen molar-refractivity contribution in [2.45, 2.75) is 20.8 Å². The number of hydrogen-bond donors (Lipinski definition) is 2. The van der Waals surface area contributed by atoms with E-state index in [1.54, 1.807) is 30.5 Å². The number of rotatable bonds is 8. The van der Waals surface area contributed by atoms with Crippen LogP contribution in [0.25, 0.3) is 16.9 Å². The van der Waals surface area contributed by atoms with Crippen LogP contribution in [0.2, 0.25) is 0 Å². The monoisotopic (exact) mass is 550 g/mol. The zero-order chi connectivity index (χ0) is 28.2. The number of nitrogens with one attached hydrogen (secondary N) is 2. The lowest BCUT2D eigenvalue weighted by molar-refractivity contribution is -0.384. The summed E-state index contributed by atoms with van der Waals surface area (Å²) in [5.41, 5.74) is 10.2. The topological polar surface area (TPSA) is 114 Å². The molecule has 2 aromatic heterocycles. The number of hydrazone groups is 1. The van der Waals surface area contributed by atoms with Crippen LogP contribution in [0, 0.1) is 30.9 Å². The molecule has 5 aromatic rings. The molecule has 2 N–H and O–H groups in total. The number of nitro groups is 1. The molecule has 5 rings (SSSR count). The molecule has 9 nitrogen and oxygen atoms in total. The number of amides is 1. The van der Waals surface area contributed by atoms with Crippen LogP contribution < -0.4 is 10.7 Å². The van der Waals surface area contributed by atoms with Crippen molar-refractivity contribution >= 4 is 40.0 Å². The first-order valence-electron chi connectivity index (χ1n) is 12.5. The Bertz CT molecular complexity index is 1720. The molecule has 0 fully saturated rings. The van der Waals surface area contributed by atoms with Gasteiger partial charge >= 0.3 is 0 Å². The van der Waals surface area contributed by atoms with E-state index in [1.807, 2.05) is 79.2 Å². The van der Waals surface area contributed by atoms with E-state index < -0.39 is 4.92 Å². The van der Waals surface area contributed by atoms with Crippen LogP contribution >= 0.6 is 11.3 Å². The van der Waals surface area contributed by atoms with E-state index in [0.717, 1.165) is 50.3 Å². The second-order valence-electron chi connectivity index (χ2n) is 9.20. The van der Waals surface area contributed by atoms with Crippen molar-refractivity contribution in [3.05, 3.63) is 122 Å². The Hall–Kier alpha value is -5.09. The van der Waals surface area contributed by atoms with Gasteiger partial charge in [0.1, 0.15) is 0 Å². The maximum atomic E-state index is 12.7. The van der Waals surface area contributed by atoms with Crippen molar-refractivity contribution in [2.75, 3.05) is 5.32 Å². The number of hydrogen-bond acceptors (Lipinski definition) is 7. The highest BCUT2D eigenvalue weighted by Gasteiger charge is 2.14. The third kappa shape index (κ3) is 5.67. The molecule has 2 heterocycles. The predicted octanol–water partition coefficient (Wildman–Crippen LogP) is 6.94. The molecule has 3 aromatic carbocycles. The highest BCUT2D eigenvalue weighted by molar-refractivity contribution is 7.14. The molecule has 0 radical (unpaired) electrons. The van der Waals surface area contributed by atoms with Crippen molar-refractivity contribution in [1.29, 1.82) is 0 Å². The lowest BCUT2D eigenvalue weighted by atomic mass is 10.1. The van der Waals surface area contributed by atoms with Crippen LogP contribution in [-0.4, -0.2) is 26.6 Å². The lowest BCUT2D eigenvalue weighted by Crippen LogP contribution is -2.17. The summed E-state index contributed by atoms with van der Waals surface area (Å²) < 4.78 is 2.01. The van der Waals surface area contributed by atoms with Gasteiger partial charge in [-0.2, -0.15) is 5.10 Å². The van der Waals surface area contributed by atoms with Gasteiger partial charge in [0.05, 0.1) is 16.8 Å². The number of carbonyl (C=O) groups excluding carboxylic acids is 1. The number of nitrogens with zero attached hydrogens (tertiary/aromatic N) is 4. The summed E-state index contributed by atoms with van der Waals surface area (Å²) >= 11 is 1.51. The first-order chi connectivity index (χ1) is 19.3. The molecule has 1 amide bonds. The summed E-state index contributed by atoms with van der Waals surface area (Å²) in [4.78, 5) is 28.0. The zero-order valence-corrected chi connectivity index (χ0v) is 22.9. The van der Waals surface area contributed by atoms with Crippen molar-refractivity contribution in [3.8, 4) is 16.9 Å². The number of carbonyl (C=O) groups is 1. The number of non-ortho nitro benzene ring substituents is 1. The third-order valence-corrected chi connectivity index (χ3v) is 7.20. The zero-order valence-electron chi connectivity index (χ0n) is 22.1. The number of nitro benzene ring substituents is 1. The maximum Gasteiger partial charge on any atom is 0.271 e. The Morgan fingerprint density at radius 2 is 1.77 bits per heavy atom. The van der Waals surface area contributed by atoms with Crippen LogP contribution in [0.15, 0.2) is 89.3 Å². The highest BCUT2D eigenvalue weighted by Crippen LogP contribution is 2.28. The van der Waals surface area contributed by atoms with Crippen molar-refractivity contribution in [2.24, 2.45) is 5.10 Å². The molecule has 0 bridgehead atoms. The second-order valence-corrected chi connectivity index (χ2v) is 10.1. The Balaban J connectivity index is 1.22. The van der Waals surface area contributed by atoms with Crippen LogP contribution in [0.3, 0.4) is 0 Å². The molecule has 40 heavy (non-hydrogen) atoms. The Morgan fingerprint density at radius 3 is 2.48 bits per heavy atom. The fourth-order valence-electron chi connectivity index (χ4n) is 4.42. The fraction of sp³-hybridized carbons (Fsp3) is 0.100. The smallest absolute Gasteiger partial charge is 0.271 e. The quantitative estimate of drug-likeness (QED) is 0.123. The molecular weight excluding hydrogens is 524 g/mol. The fourth-order valence-corrected chi connectivity index (χ4v) is 5.16. The van der Waals surface area contributed by atoms with Crippen LogP contribution in [0.1, 0.15) is 32.9 Å². The molecule has 0 atom stereocenters. The number of benzene rings is 3. The van der Waals surface area contributed by atoms with E-state index in [1.165, 1.54) is 17.4 Å². The number of anilines is 2. The molecule has 0 saturated heterocycles. The summed E-state index contributed by atoms with van der Waals surface area (Å²) in [5.74, 6) is -0.330. The largest absolute Gasteiger partial charge is 0.332 e. The molecule has 0 unspecified atom stereocenters. The van der Waals surface area contributed by atoms with E-state index in [-0.39, 0.29) is 11.6 Å². The molecule has 0 aliphatic rings. The maximum absolute atomic E-state index is 12.7. The average Bonchev–Trinajstić information content (AvgIpc) is 3.53. The van der Waals surface area contributed by atoms with Gasteiger partial charge in [0.2, 0.25) is 0 Å². The molecule has 10 heteroatoms. The molecule has 0 saturated carbocycles. The molecule has 0 aliphatic carbocycles. The third-order valence-electron chi connectivity index (χ3n) is 6.44. The summed E-state index contributed by atoms with van der Waals surface area (Å²) in [6.07, 6.45) is 1.60. The molecule has 200 valence electrons. The highest BCUT2D eigenvalue weighted by atomic mass is 32.1. The average molecular weight is 551 g/mol. The summed E-state index contributed by atoms with van der Waals surface area (Å²) in [6, 6.07) is 23.8. The normalized spacial score (nSPS) is 11.1. The van der Waals surface area contributed by atoms with Gasteiger partial charge in [-0.1, -0.05) is 30.3 Å². The minimum Gasteiger partial charge on any atom is -0.332 e. The van der Waals surface area contributed by atoms with E-state index in [4.69, 9.17) is 0 Å². The molecule has 0 aliphatic heterocycles. The van der Waals surface area contributed by atoms with E-state index in [0.29, 0.717) is 5.56 Å². The van der Waals surface area contributed by atoms with E-state index in [2.05, 4.69) is 20.8 Å². The van der Waals surface area contributed by atoms with Gasteiger partial charge < -0.3 is 9.88 Å². The van der Waals surface area contributed by atoms with Crippen molar-refractivity contribution in [3.63, 3.8) is 0 Å². The van der Waals surface area contributed by atoms with Crippen LogP contribution in [0.5, 0.6) is 0 Å². The summed E-state index contributed by atoms with van der Waals surface area (Å²) in [6.45, 7) is 5.73. The first-order valence-corrected chi connectivity index (χ1v) is 13.3. The van der Waals surface area contributed by atoms with Gasteiger partial charge in [0.15, 0.2) is 5.13 Å². The van der Waals surface area contributed by atoms with Gasteiger partial charge in [-0.25, -0.2) is 10.4 Å². The van der Waals surface area contributed by atoms with Crippen molar-refractivity contribution in [1.82, 2.24) is 15.0 Å². The SMILES string of the molecule is Cc1cc([N+](=O)[O-])ccc1-n1c(C)cc(/C=N\NC(=O)c2ccc(Nc3nc(-c4ccccc4)cs3)cc2)c1C. The Morgan fingerprint density at radius 1 is 1.02 bits per heavy atom. The standard InChI is InChI=1S/C30H26N6O3S/c1-19-15-26(36(38)39)13-14-28(19)35-20(2)16-24(21(35)3)17-31-34-29(37)23-9-11-25(12-10-23)32-30-33-27(18-40-30)22-7-5-4-6-8-22/h4-18H,1-3H3,(H,32,33)(H,34,37)/b31-17-. The number of aryl methyl sites for hydroxylation is 2. The summed E-state index contributed by atoms with van der Waals surface area (Å²) in [5, 5.41) is 21.3. The first kappa shape index (κ1) is 26.5. The van der Waals surface area contributed by atoms with E-state index >= 15 is 0 Å². The molecular formula is C30H26N6O3S. The summed E-state index contributed by atoms with van der Waals surface area (Å²) in [7, 11) is 0. The Kier molecular flexibility index (Phi) is 7.52. The van der Waals surface area contributed by atoms with Gasteiger partial charge in [0, 0.05) is 57.0 Å².